The van der Waals surface area contributed by atoms with Gasteiger partial charge in [-0.2, -0.15) is 0 Å². The highest BCUT2D eigenvalue weighted by molar-refractivity contribution is 5.12. The van der Waals surface area contributed by atoms with Crippen molar-refractivity contribution in [3.63, 3.8) is 0 Å². The fourth-order valence-corrected chi connectivity index (χ4v) is 2.57. The van der Waals surface area contributed by atoms with Gasteiger partial charge in [0.1, 0.15) is 5.82 Å². The summed E-state index contributed by atoms with van der Waals surface area (Å²) in [6, 6.07) is 0. The normalized spacial score (nSPS) is 17.7. The molecule has 0 bridgehead atoms. The Bertz CT molecular complexity index is 465. The molecular weight excluding hydrogens is 260 g/mol. The molecule has 1 aromatic heterocycles. The first kappa shape index (κ1) is 17.6. The van der Waals surface area contributed by atoms with Crippen LogP contribution < -0.4 is 0 Å². The zero-order valence-corrected chi connectivity index (χ0v) is 15.1. The van der Waals surface area contributed by atoms with E-state index in [1.54, 1.807) is 0 Å². The number of allylic oxidation sites excluding steroid dienone is 1. The average Bonchev–Trinajstić information content (AvgIpc) is 2.80. The average molecular weight is 292 g/mol. The third-order valence-corrected chi connectivity index (χ3v) is 4.48. The van der Waals surface area contributed by atoms with Crippen molar-refractivity contribution in [3.05, 3.63) is 29.1 Å². The maximum Gasteiger partial charge on any atom is 0.105 e. The monoisotopic (exact) mass is 292 g/mol. The maximum atomic E-state index is 4.27. The molecule has 2 heterocycles. The first-order chi connectivity index (χ1) is 9.79. The highest BCUT2D eigenvalue weighted by atomic mass is 15.4. The molecule has 0 radical (unpaired) electrons. The molecule has 0 fully saturated rings. The molecule has 0 saturated carbocycles. The second-order valence-corrected chi connectivity index (χ2v) is 6.00. The van der Waals surface area contributed by atoms with Crippen LogP contribution >= 0.6 is 0 Å². The Morgan fingerprint density at radius 2 is 1.76 bits per heavy atom. The summed E-state index contributed by atoms with van der Waals surface area (Å²) in [6.07, 6.45) is 5.35. The zero-order valence-electron chi connectivity index (χ0n) is 15.1. The molecule has 120 valence electrons. The van der Waals surface area contributed by atoms with E-state index in [0.717, 1.165) is 11.5 Å². The topological polar surface area (TPSA) is 24.3 Å². The lowest BCUT2D eigenvalue weighted by Crippen LogP contribution is -2.35. The smallest absolute Gasteiger partial charge is 0.105 e. The van der Waals surface area contributed by atoms with Crippen molar-refractivity contribution in [1.82, 2.24) is 19.4 Å². The zero-order chi connectivity index (χ0) is 16.2. The van der Waals surface area contributed by atoms with Crippen molar-refractivity contribution in [3.8, 4) is 0 Å². The van der Waals surface area contributed by atoms with Crippen molar-refractivity contribution in [2.24, 2.45) is 7.05 Å². The van der Waals surface area contributed by atoms with Crippen LogP contribution in [0.4, 0.5) is 0 Å². The van der Waals surface area contributed by atoms with Crippen LogP contribution in [0.25, 0.3) is 0 Å². The van der Waals surface area contributed by atoms with Gasteiger partial charge >= 0.3 is 0 Å². The van der Waals surface area contributed by atoms with Gasteiger partial charge in [-0.05, 0) is 41.0 Å². The molecule has 0 amide bonds. The lowest BCUT2D eigenvalue weighted by atomic mass is 10.3. The van der Waals surface area contributed by atoms with Crippen LogP contribution in [0.15, 0.2) is 11.9 Å². The number of rotatable bonds is 3. The van der Waals surface area contributed by atoms with Crippen molar-refractivity contribution in [2.45, 2.75) is 60.5 Å². The summed E-state index contributed by atoms with van der Waals surface area (Å²) < 4.78 is 2.09. The Balaban J connectivity index is 0.000000219. The van der Waals surface area contributed by atoms with Gasteiger partial charge in [0, 0.05) is 38.2 Å². The summed E-state index contributed by atoms with van der Waals surface area (Å²) >= 11 is 0. The molecule has 1 atom stereocenters. The molecule has 1 unspecified atom stereocenters. The van der Waals surface area contributed by atoms with E-state index >= 15 is 0 Å². The molecule has 1 aliphatic heterocycles. The van der Waals surface area contributed by atoms with Gasteiger partial charge in [0.05, 0.1) is 11.9 Å². The minimum Gasteiger partial charge on any atom is -0.359 e. The molecule has 4 nitrogen and oxygen atoms in total. The van der Waals surface area contributed by atoms with Gasteiger partial charge in [0.2, 0.25) is 0 Å². The second kappa shape index (κ2) is 7.53. The minimum atomic E-state index is 0.552. The van der Waals surface area contributed by atoms with Crippen molar-refractivity contribution >= 4 is 0 Å². The molecule has 0 aromatic carbocycles. The van der Waals surface area contributed by atoms with Crippen LogP contribution in [0.1, 0.15) is 50.8 Å². The molecule has 2 rings (SSSR count). The Morgan fingerprint density at radius 1 is 1.14 bits per heavy atom. The fraction of sp³-hybridized carbons (Fsp3) is 0.706. The number of nitrogens with zero attached hydrogens (tertiary/aromatic N) is 4. The predicted octanol–water partition coefficient (Wildman–Crippen LogP) is 3.59. The number of hydrogen-bond acceptors (Lipinski definition) is 3. The highest BCUT2D eigenvalue weighted by Gasteiger charge is 2.22. The van der Waals surface area contributed by atoms with Gasteiger partial charge in [0.15, 0.2) is 0 Å². The highest BCUT2D eigenvalue weighted by Crippen LogP contribution is 2.20. The quantitative estimate of drug-likeness (QED) is 0.851. The molecule has 4 heteroatoms. The van der Waals surface area contributed by atoms with Crippen LogP contribution in [0.5, 0.6) is 0 Å². The van der Waals surface area contributed by atoms with Gasteiger partial charge in [-0.1, -0.05) is 13.3 Å². The first-order valence-corrected chi connectivity index (χ1v) is 7.93. The van der Waals surface area contributed by atoms with Gasteiger partial charge in [-0.25, -0.2) is 4.98 Å². The molecule has 1 aromatic rings. The number of aromatic nitrogens is 2. The van der Waals surface area contributed by atoms with Crippen molar-refractivity contribution < 1.29 is 0 Å². The summed E-state index contributed by atoms with van der Waals surface area (Å²) in [6.45, 7) is 14.0. The summed E-state index contributed by atoms with van der Waals surface area (Å²) in [5.41, 5.74) is 3.79. The molecular formula is C17H32N4. The maximum absolute atomic E-state index is 4.27. The number of imidazole rings is 1. The third kappa shape index (κ3) is 4.26. The lowest BCUT2D eigenvalue weighted by molar-refractivity contribution is 0.183. The van der Waals surface area contributed by atoms with Crippen LogP contribution in [0, 0.1) is 20.8 Å². The molecule has 0 N–H and O–H groups in total. The van der Waals surface area contributed by atoms with E-state index < -0.39 is 0 Å². The number of unbranched alkanes of at least 4 members (excludes halogenated alkanes) is 1. The third-order valence-electron chi connectivity index (χ3n) is 4.48. The summed E-state index contributed by atoms with van der Waals surface area (Å²) in [5.74, 6) is 1.09. The number of aryl methyl sites for hydroxylation is 2. The largest absolute Gasteiger partial charge is 0.359 e. The fourth-order valence-electron chi connectivity index (χ4n) is 2.57. The first-order valence-electron chi connectivity index (χ1n) is 7.93. The van der Waals surface area contributed by atoms with E-state index in [2.05, 4.69) is 60.3 Å². The molecule has 0 aliphatic carbocycles. The van der Waals surface area contributed by atoms with Crippen LogP contribution in [-0.4, -0.2) is 39.1 Å². The Hall–Kier alpha value is -1.45. The Kier molecular flexibility index (Phi) is 6.31. The Labute approximate surface area is 130 Å². The number of hydrogen-bond donors (Lipinski definition) is 0. The van der Waals surface area contributed by atoms with Crippen LogP contribution in [0.2, 0.25) is 0 Å². The van der Waals surface area contributed by atoms with E-state index in [4.69, 9.17) is 0 Å². The molecule has 21 heavy (non-hydrogen) atoms. The van der Waals surface area contributed by atoms with Crippen LogP contribution in [-0.2, 0) is 7.05 Å². The van der Waals surface area contributed by atoms with Gasteiger partial charge < -0.3 is 14.4 Å². The van der Waals surface area contributed by atoms with Crippen molar-refractivity contribution in [1.29, 1.82) is 0 Å². The van der Waals surface area contributed by atoms with E-state index in [1.165, 1.54) is 30.8 Å². The molecule has 0 saturated heterocycles. The van der Waals surface area contributed by atoms with E-state index in [9.17, 15) is 0 Å². The summed E-state index contributed by atoms with van der Waals surface area (Å²) in [7, 11) is 4.17. The summed E-state index contributed by atoms with van der Waals surface area (Å²) in [4.78, 5) is 9.00. The minimum absolute atomic E-state index is 0.552. The summed E-state index contributed by atoms with van der Waals surface area (Å²) in [5, 5.41) is 0. The van der Waals surface area contributed by atoms with Crippen LogP contribution in [0.3, 0.4) is 0 Å². The van der Waals surface area contributed by atoms with Gasteiger partial charge in [-0.15, -0.1) is 0 Å². The van der Waals surface area contributed by atoms with Gasteiger partial charge in [0.25, 0.3) is 0 Å². The SMILES string of the molecule is CCCCN1C(C)=CN(C)C1C.Cc1nc(C)n(C)c1C. The standard InChI is InChI=1S/C10H20N2.C7H12N2/c1-5-6-7-12-9(2)8-11(4)10(12)3;1-5-6(2)9(4)7(3)8-5/h8,10H,5-7H2,1-4H3;1-4H3. The predicted molar refractivity (Wildman–Crippen MR) is 90.0 cm³/mol. The van der Waals surface area contributed by atoms with E-state index in [1.807, 2.05) is 20.9 Å². The lowest BCUT2D eigenvalue weighted by Gasteiger charge is -2.28. The second-order valence-electron chi connectivity index (χ2n) is 6.00. The van der Waals surface area contributed by atoms with E-state index in [-0.39, 0.29) is 0 Å². The molecule has 1 aliphatic rings. The van der Waals surface area contributed by atoms with E-state index in [0.29, 0.717) is 6.17 Å². The van der Waals surface area contributed by atoms with Gasteiger partial charge in [-0.3, -0.25) is 0 Å². The van der Waals surface area contributed by atoms with Crippen molar-refractivity contribution in [2.75, 3.05) is 13.6 Å². The Morgan fingerprint density at radius 3 is 2.05 bits per heavy atom. The molecule has 0 spiro atoms.